The van der Waals surface area contributed by atoms with Crippen LogP contribution in [-0.2, 0) is 4.79 Å². The van der Waals surface area contributed by atoms with Crippen LogP contribution < -0.4 is 10.2 Å². The Morgan fingerprint density at radius 1 is 1.16 bits per heavy atom. The summed E-state index contributed by atoms with van der Waals surface area (Å²) in [5.41, 5.74) is 1.76. The van der Waals surface area contributed by atoms with Gasteiger partial charge >= 0.3 is 0 Å². The average molecular weight is 333 g/mol. The number of likely N-dealkylation sites (N-methyl/N-ethyl adjacent to an activating group) is 1. The maximum Gasteiger partial charge on any atom is 0.239 e. The first-order chi connectivity index (χ1) is 12.2. The minimum atomic E-state index is 0.0261. The summed E-state index contributed by atoms with van der Waals surface area (Å²) in [7, 11) is 1.89. The number of nitrogens with zero attached hydrogens (tertiary/aromatic N) is 4. The fourth-order valence-electron chi connectivity index (χ4n) is 2.77. The van der Waals surface area contributed by atoms with Gasteiger partial charge in [-0.3, -0.25) is 9.78 Å². The van der Waals surface area contributed by atoms with Crippen molar-refractivity contribution in [2.75, 3.05) is 18.5 Å². The van der Waals surface area contributed by atoms with Gasteiger partial charge in [0.15, 0.2) is 5.82 Å². The minimum absolute atomic E-state index is 0.0261. The van der Waals surface area contributed by atoms with E-state index in [0.717, 1.165) is 35.1 Å². The lowest BCUT2D eigenvalue weighted by Gasteiger charge is -2.20. The number of nitrogens with one attached hydrogen (secondary N) is 1. The molecule has 126 valence electrons. The van der Waals surface area contributed by atoms with Crippen LogP contribution in [0.4, 0.5) is 5.82 Å². The molecule has 4 rings (SSSR count). The second kappa shape index (κ2) is 6.47. The summed E-state index contributed by atoms with van der Waals surface area (Å²) in [5, 5.41) is 3.95. The number of carbonyl (C=O) groups is 1. The zero-order chi connectivity index (χ0) is 17.2. The predicted octanol–water partition coefficient (Wildman–Crippen LogP) is 2.41. The Hall–Kier alpha value is -3.02. The molecule has 1 saturated carbocycles. The van der Waals surface area contributed by atoms with Crippen molar-refractivity contribution >= 4 is 22.6 Å². The van der Waals surface area contributed by atoms with E-state index in [1.165, 1.54) is 0 Å². The Labute approximate surface area is 145 Å². The first-order valence-corrected chi connectivity index (χ1v) is 8.38. The molecule has 1 aliphatic carbocycles. The highest BCUT2D eigenvalue weighted by Gasteiger charge is 2.24. The van der Waals surface area contributed by atoms with Crippen molar-refractivity contribution in [1.29, 1.82) is 0 Å². The van der Waals surface area contributed by atoms with Gasteiger partial charge in [-0.25, -0.2) is 9.97 Å². The molecule has 0 bridgehead atoms. The number of hydrogen-bond donors (Lipinski definition) is 1. The smallest absolute Gasteiger partial charge is 0.239 e. The van der Waals surface area contributed by atoms with Gasteiger partial charge < -0.3 is 10.2 Å². The maximum absolute atomic E-state index is 12.2. The highest BCUT2D eigenvalue weighted by Crippen LogP contribution is 2.26. The van der Waals surface area contributed by atoms with Crippen LogP contribution in [0.2, 0.25) is 0 Å². The Morgan fingerprint density at radius 2 is 1.92 bits per heavy atom. The summed E-state index contributed by atoms with van der Waals surface area (Å²) in [4.78, 5) is 27.5. The molecule has 0 aliphatic heterocycles. The molecule has 0 spiro atoms. The quantitative estimate of drug-likeness (QED) is 0.776. The first-order valence-electron chi connectivity index (χ1n) is 8.38. The molecule has 1 N–H and O–H groups in total. The molecule has 0 unspecified atom stereocenters. The van der Waals surface area contributed by atoms with Gasteiger partial charge in [0.1, 0.15) is 5.82 Å². The van der Waals surface area contributed by atoms with Gasteiger partial charge in [0.05, 0.1) is 12.1 Å². The molecule has 3 aromatic rings. The van der Waals surface area contributed by atoms with Gasteiger partial charge in [-0.05, 0) is 37.1 Å². The third-order valence-corrected chi connectivity index (χ3v) is 4.21. The second-order valence-electron chi connectivity index (χ2n) is 6.32. The number of carbonyl (C=O) groups excluding carboxylic acids is 1. The van der Waals surface area contributed by atoms with E-state index in [9.17, 15) is 4.79 Å². The molecule has 1 fully saturated rings. The summed E-state index contributed by atoms with van der Waals surface area (Å²) in [6.07, 6.45) is 5.61. The topological polar surface area (TPSA) is 71.0 Å². The van der Waals surface area contributed by atoms with E-state index < -0.39 is 0 Å². The lowest BCUT2D eigenvalue weighted by molar-refractivity contribution is -0.119. The molecule has 1 aliphatic rings. The molecule has 0 saturated heterocycles. The summed E-state index contributed by atoms with van der Waals surface area (Å²) in [5.74, 6) is 1.41. The molecule has 1 amide bonds. The SMILES string of the molecule is CN(CC(=O)NC1CC1)c1nc(-c2ccncc2)nc2ccccc12. The normalized spacial score (nSPS) is 13.6. The average Bonchev–Trinajstić information content (AvgIpc) is 3.45. The van der Waals surface area contributed by atoms with Crippen LogP contribution in [0.15, 0.2) is 48.8 Å². The van der Waals surface area contributed by atoms with E-state index in [0.29, 0.717) is 11.9 Å². The predicted molar refractivity (Wildman–Crippen MR) is 97.2 cm³/mol. The number of amides is 1. The first kappa shape index (κ1) is 15.5. The Bertz CT molecular complexity index is 908. The Balaban J connectivity index is 1.71. The molecule has 2 aromatic heterocycles. The number of hydrogen-bond acceptors (Lipinski definition) is 5. The van der Waals surface area contributed by atoms with Gasteiger partial charge in [-0.1, -0.05) is 12.1 Å². The van der Waals surface area contributed by atoms with E-state index >= 15 is 0 Å². The van der Waals surface area contributed by atoms with E-state index in [2.05, 4.69) is 15.3 Å². The van der Waals surface area contributed by atoms with Gasteiger partial charge in [0.25, 0.3) is 0 Å². The van der Waals surface area contributed by atoms with Crippen LogP contribution in [-0.4, -0.2) is 40.5 Å². The standard InChI is InChI=1S/C19H19N5O/c1-24(12-17(25)21-14-6-7-14)19-15-4-2-3-5-16(15)22-18(23-19)13-8-10-20-11-9-13/h2-5,8-11,14H,6-7,12H2,1H3,(H,21,25). The van der Waals surface area contributed by atoms with Crippen molar-refractivity contribution < 1.29 is 4.79 Å². The van der Waals surface area contributed by atoms with Crippen LogP contribution in [0.25, 0.3) is 22.3 Å². The van der Waals surface area contributed by atoms with Gasteiger partial charge in [0, 0.05) is 36.4 Å². The number of para-hydroxylation sites is 1. The number of aromatic nitrogens is 3. The molecule has 6 heteroatoms. The van der Waals surface area contributed by atoms with Gasteiger partial charge in [-0.2, -0.15) is 0 Å². The number of benzene rings is 1. The van der Waals surface area contributed by atoms with Crippen molar-refractivity contribution in [3.63, 3.8) is 0 Å². The maximum atomic E-state index is 12.2. The number of anilines is 1. The Kier molecular flexibility index (Phi) is 4.01. The van der Waals surface area contributed by atoms with Crippen LogP contribution in [0.1, 0.15) is 12.8 Å². The van der Waals surface area contributed by atoms with Crippen molar-refractivity contribution in [3.05, 3.63) is 48.8 Å². The van der Waals surface area contributed by atoms with E-state index in [1.807, 2.05) is 48.3 Å². The molecule has 0 atom stereocenters. The summed E-state index contributed by atoms with van der Waals surface area (Å²) >= 11 is 0. The molecule has 2 heterocycles. The molecule has 25 heavy (non-hydrogen) atoms. The monoisotopic (exact) mass is 333 g/mol. The van der Waals surface area contributed by atoms with Crippen LogP contribution in [0.5, 0.6) is 0 Å². The largest absolute Gasteiger partial charge is 0.352 e. The summed E-state index contributed by atoms with van der Waals surface area (Å²) in [6, 6.07) is 12.0. The van der Waals surface area contributed by atoms with Crippen LogP contribution in [0.3, 0.4) is 0 Å². The van der Waals surface area contributed by atoms with Crippen LogP contribution >= 0.6 is 0 Å². The van der Waals surface area contributed by atoms with Crippen molar-refractivity contribution in [3.8, 4) is 11.4 Å². The highest BCUT2D eigenvalue weighted by atomic mass is 16.2. The van der Waals surface area contributed by atoms with Crippen molar-refractivity contribution in [2.45, 2.75) is 18.9 Å². The molecular weight excluding hydrogens is 314 g/mol. The fraction of sp³-hybridized carbons (Fsp3) is 0.263. The Morgan fingerprint density at radius 3 is 2.68 bits per heavy atom. The van der Waals surface area contributed by atoms with E-state index in [-0.39, 0.29) is 12.5 Å². The molecular formula is C19H19N5O. The number of rotatable bonds is 5. The van der Waals surface area contributed by atoms with Gasteiger partial charge in [-0.15, -0.1) is 0 Å². The highest BCUT2D eigenvalue weighted by molar-refractivity contribution is 5.92. The molecule has 6 nitrogen and oxygen atoms in total. The zero-order valence-electron chi connectivity index (χ0n) is 14.0. The summed E-state index contributed by atoms with van der Waals surface area (Å²) < 4.78 is 0. The number of pyridine rings is 1. The third kappa shape index (κ3) is 3.42. The second-order valence-corrected chi connectivity index (χ2v) is 6.32. The lowest BCUT2D eigenvalue weighted by atomic mass is 10.2. The lowest BCUT2D eigenvalue weighted by Crippen LogP contribution is -2.36. The molecule has 1 aromatic carbocycles. The number of fused-ring (bicyclic) bond motifs is 1. The fourth-order valence-corrected chi connectivity index (χ4v) is 2.77. The molecule has 0 radical (unpaired) electrons. The van der Waals surface area contributed by atoms with Crippen molar-refractivity contribution in [1.82, 2.24) is 20.3 Å². The summed E-state index contributed by atoms with van der Waals surface area (Å²) in [6.45, 7) is 0.271. The van der Waals surface area contributed by atoms with Crippen molar-refractivity contribution in [2.24, 2.45) is 0 Å². The van der Waals surface area contributed by atoms with Gasteiger partial charge in [0.2, 0.25) is 5.91 Å². The minimum Gasteiger partial charge on any atom is -0.352 e. The van der Waals surface area contributed by atoms with E-state index in [4.69, 9.17) is 4.98 Å². The van der Waals surface area contributed by atoms with E-state index in [1.54, 1.807) is 12.4 Å². The van der Waals surface area contributed by atoms with Crippen LogP contribution in [0, 0.1) is 0 Å². The zero-order valence-corrected chi connectivity index (χ0v) is 14.0. The third-order valence-electron chi connectivity index (χ3n) is 4.21.